The molecule has 1 aliphatic rings. The minimum Gasteiger partial charge on any atom is -0.380 e. The highest BCUT2D eigenvalue weighted by Crippen LogP contribution is 2.15. The Morgan fingerprint density at radius 1 is 1.50 bits per heavy atom. The van der Waals surface area contributed by atoms with E-state index in [2.05, 4.69) is 5.32 Å². The van der Waals surface area contributed by atoms with Crippen LogP contribution >= 0.6 is 0 Å². The first-order valence-electron chi connectivity index (χ1n) is 6.10. The largest absolute Gasteiger partial charge is 0.380 e. The molecule has 0 spiro atoms. The molecule has 1 aliphatic heterocycles. The Morgan fingerprint density at radius 2 is 2.22 bits per heavy atom. The molecule has 5 nitrogen and oxygen atoms in total. The maximum Gasteiger partial charge on any atom is 0.321 e. The van der Waals surface area contributed by atoms with E-state index in [-0.39, 0.29) is 12.1 Å². The van der Waals surface area contributed by atoms with E-state index >= 15 is 0 Å². The summed E-state index contributed by atoms with van der Waals surface area (Å²) < 4.78 is 5.24. The molecule has 1 aromatic rings. The van der Waals surface area contributed by atoms with Gasteiger partial charge in [0.1, 0.15) is 0 Å². The first kappa shape index (κ1) is 12.9. The molecule has 0 aliphatic carbocycles. The number of hydrogen-bond acceptors (Lipinski definition) is 3. The van der Waals surface area contributed by atoms with Crippen LogP contribution in [0.15, 0.2) is 24.3 Å². The molecule has 1 fully saturated rings. The zero-order valence-electron chi connectivity index (χ0n) is 10.6. The lowest BCUT2D eigenvalue weighted by Gasteiger charge is -2.17. The van der Waals surface area contributed by atoms with Crippen molar-refractivity contribution < 1.29 is 9.53 Å². The van der Waals surface area contributed by atoms with Crippen molar-refractivity contribution in [2.24, 2.45) is 5.73 Å². The number of urea groups is 1. The summed E-state index contributed by atoms with van der Waals surface area (Å²) in [4.78, 5) is 13.7. The SMILES string of the molecule is COC1CCN(C(=O)Nc2ccc(CN)cc2)C1. The number of hydrogen-bond donors (Lipinski definition) is 2. The Hall–Kier alpha value is -1.59. The van der Waals surface area contributed by atoms with Crippen molar-refractivity contribution in [3.8, 4) is 0 Å². The van der Waals surface area contributed by atoms with Crippen LogP contribution in [0.5, 0.6) is 0 Å². The number of ether oxygens (including phenoxy) is 1. The van der Waals surface area contributed by atoms with Crippen LogP contribution in [0.25, 0.3) is 0 Å². The Balaban J connectivity index is 1.90. The fourth-order valence-corrected chi connectivity index (χ4v) is 2.03. The van der Waals surface area contributed by atoms with Gasteiger partial charge in [-0.25, -0.2) is 4.79 Å². The van der Waals surface area contributed by atoms with Gasteiger partial charge >= 0.3 is 6.03 Å². The standard InChI is InChI=1S/C13H19N3O2/c1-18-12-6-7-16(9-12)13(17)15-11-4-2-10(8-14)3-5-11/h2-5,12H,6-9,14H2,1H3,(H,15,17). The van der Waals surface area contributed by atoms with Gasteiger partial charge in [-0.1, -0.05) is 12.1 Å². The second kappa shape index (κ2) is 5.84. The highest BCUT2D eigenvalue weighted by molar-refractivity contribution is 5.89. The highest BCUT2D eigenvalue weighted by atomic mass is 16.5. The molecule has 0 aromatic heterocycles. The van der Waals surface area contributed by atoms with E-state index < -0.39 is 0 Å². The third-order valence-corrected chi connectivity index (χ3v) is 3.21. The van der Waals surface area contributed by atoms with E-state index in [4.69, 9.17) is 10.5 Å². The molecule has 3 N–H and O–H groups in total. The van der Waals surface area contributed by atoms with E-state index in [0.29, 0.717) is 13.1 Å². The van der Waals surface area contributed by atoms with Crippen molar-refractivity contribution in [2.75, 3.05) is 25.5 Å². The van der Waals surface area contributed by atoms with Gasteiger partial charge in [0.15, 0.2) is 0 Å². The molecule has 1 atom stereocenters. The molecule has 0 bridgehead atoms. The van der Waals surface area contributed by atoms with Gasteiger partial charge in [-0.05, 0) is 24.1 Å². The lowest BCUT2D eigenvalue weighted by Crippen LogP contribution is -2.33. The molecule has 5 heteroatoms. The van der Waals surface area contributed by atoms with Crippen LogP contribution in [0.4, 0.5) is 10.5 Å². The number of nitrogens with one attached hydrogen (secondary N) is 1. The lowest BCUT2D eigenvalue weighted by molar-refractivity contribution is 0.111. The average molecular weight is 249 g/mol. The Kier molecular flexibility index (Phi) is 4.17. The van der Waals surface area contributed by atoms with Crippen LogP contribution in [0.3, 0.4) is 0 Å². The van der Waals surface area contributed by atoms with Gasteiger partial charge in [-0.15, -0.1) is 0 Å². The number of benzene rings is 1. The summed E-state index contributed by atoms with van der Waals surface area (Å²) in [6, 6.07) is 7.48. The number of carbonyl (C=O) groups excluding carboxylic acids is 1. The van der Waals surface area contributed by atoms with Crippen molar-refractivity contribution in [3.63, 3.8) is 0 Å². The number of anilines is 1. The molecule has 1 saturated heterocycles. The lowest BCUT2D eigenvalue weighted by atomic mass is 10.2. The Morgan fingerprint density at radius 3 is 2.78 bits per heavy atom. The average Bonchev–Trinajstić information content (AvgIpc) is 2.88. The minimum absolute atomic E-state index is 0.0740. The number of rotatable bonds is 3. The third-order valence-electron chi connectivity index (χ3n) is 3.21. The van der Waals surface area contributed by atoms with Gasteiger partial charge in [-0.2, -0.15) is 0 Å². The van der Waals surface area contributed by atoms with Gasteiger partial charge in [-0.3, -0.25) is 0 Å². The summed E-state index contributed by atoms with van der Waals surface area (Å²) >= 11 is 0. The minimum atomic E-state index is -0.0740. The molecular weight excluding hydrogens is 230 g/mol. The van der Waals surface area contributed by atoms with E-state index in [1.807, 2.05) is 24.3 Å². The molecule has 98 valence electrons. The van der Waals surface area contributed by atoms with E-state index in [1.54, 1.807) is 12.0 Å². The van der Waals surface area contributed by atoms with Gasteiger partial charge in [0.25, 0.3) is 0 Å². The van der Waals surface area contributed by atoms with E-state index in [1.165, 1.54) is 0 Å². The van der Waals surface area contributed by atoms with Gasteiger partial charge < -0.3 is 20.7 Å². The Bertz CT molecular complexity index is 405. The molecule has 18 heavy (non-hydrogen) atoms. The molecule has 2 rings (SSSR count). The van der Waals surface area contributed by atoms with Crippen LogP contribution < -0.4 is 11.1 Å². The van der Waals surface area contributed by atoms with Gasteiger partial charge in [0.2, 0.25) is 0 Å². The summed E-state index contributed by atoms with van der Waals surface area (Å²) in [5, 5.41) is 2.87. The molecule has 0 saturated carbocycles. The number of nitrogens with zero attached hydrogens (tertiary/aromatic N) is 1. The van der Waals surface area contributed by atoms with E-state index in [9.17, 15) is 4.79 Å². The van der Waals surface area contributed by atoms with Crippen molar-refractivity contribution >= 4 is 11.7 Å². The number of nitrogens with two attached hydrogens (primary N) is 1. The summed E-state index contributed by atoms with van der Waals surface area (Å²) in [5.41, 5.74) is 7.36. The fraction of sp³-hybridized carbons (Fsp3) is 0.462. The van der Waals surface area contributed by atoms with Gasteiger partial charge in [0, 0.05) is 32.4 Å². The molecule has 1 heterocycles. The van der Waals surface area contributed by atoms with Crippen LogP contribution in [0.1, 0.15) is 12.0 Å². The molecule has 1 aromatic carbocycles. The van der Waals surface area contributed by atoms with Crippen LogP contribution in [-0.4, -0.2) is 37.2 Å². The first-order chi connectivity index (χ1) is 8.72. The van der Waals surface area contributed by atoms with Crippen molar-refractivity contribution in [2.45, 2.75) is 19.1 Å². The second-order valence-electron chi connectivity index (χ2n) is 4.42. The fourth-order valence-electron chi connectivity index (χ4n) is 2.03. The second-order valence-corrected chi connectivity index (χ2v) is 4.42. The number of likely N-dealkylation sites (tertiary alicyclic amines) is 1. The summed E-state index contributed by atoms with van der Waals surface area (Å²) in [5.74, 6) is 0. The smallest absolute Gasteiger partial charge is 0.321 e. The summed E-state index contributed by atoms with van der Waals surface area (Å²) in [7, 11) is 1.68. The van der Waals surface area contributed by atoms with Crippen LogP contribution in [0.2, 0.25) is 0 Å². The molecule has 1 unspecified atom stereocenters. The van der Waals surface area contributed by atoms with E-state index in [0.717, 1.165) is 24.2 Å². The summed E-state index contributed by atoms with van der Waals surface area (Å²) in [6.07, 6.45) is 1.06. The normalized spacial score (nSPS) is 19.0. The van der Waals surface area contributed by atoms with Crippen molar-refractivity contribution in [3.05, 3.63) is 29.8 Å². The maximum absolute atomic E-state index is 12.0. The van der Waals surface area contributed by atoms with Crippen LogP contribution in [0, 0.1) is 0 Å². The predicted molar refractivity (Wildman–Crippen MR) is 70.3 cm³/mol. The van der Waals surface area contributed by atoms with Crippen molar-refractivity contribution in [1.82, 2.24) is 4.90 Å². The molecule has 0 radical (unpaired) electrons. The number of methoxy groups -OCH3 is 1. The number of amides is 2. The summed E-state index contributed by atoms with van der Waals surface area (Å²) in [6.45, 7) is 1.91. The zero-order chi connectivity index (χ0) is 13.0. The van der Waals surface area contributed by atoms with Gasteiger partial charge in [0.05, 0.1) is 6.10 Å². The predicted octanol–water partition coefficient (Wildman–Crippen LogP) is 1.40. The van der Waals surface area contributed by atoms with Crippen molar-refractivity contribution in [1.29, 1.82) is 0 Å². The van der Waals surface area contributed by atoms with Crippen LogP contribution in [-0.2, 0) is 11.3 Å². The highest BCUT2D eigenvalue weighted by Gasteiger charge is 2.25. The number of carbonyl (C=O) groups is 1. The zero-order valence-corrected chi connectivity index (χ0v) is 10.6. The third kappa shape index (κ3) is 3.00. The maximum atomic E-state index is 12.0. The first-order valence-corrected chi connectivity index (χ1v) is 6.10. The molecular formula is C13H19N3O2. The topological polar surface area (TPSA) is 67.6 Å². The Labute approximate surface area is 107 Å². The molecule has 2 amide bonds. The monoisotopic (exact) mass is 249 g/mol. The quantitative estimate of drug-likeness (QED) is 0.850.